The van der Waals surface area contributed by atoms with Gasteiger partial charge < -0.3 is 5.11 Å². The predicted molar refractivity (Wildman–Crippen MR) is 47.3 cm³/mol. The molecule has 64 valence electrons. The smallest absolute Gasteiger partial charge is 0.0467 e. The Labute approximate surface area is 69.1 Å². The minimum Gasteiger partial charge on any atom is -0.396 e. The fourth-order valence-electron chi connectivity index (χ4n) is 2.19. The van der Waals surface area contributed by atoms with Crippen LogP contribution >= 0.6 is 0 Å². The topological polar surface area (TPSA) is 20.2 Å². The average molecular weight is 154 g/mol. The van der Waals surface area contributed by atoms with E-state index in [1.165, 1.54) is 18.4 Å². The monoisotopic (exact) mass is 154 g/mol. The highest BCUT2D eigenvalue weighted by Crippen LogP contribution is 2.39. The first-order valence-electron chi connectivity index (χ1n) is 4.43. The van der Waals surface area contributed by atoms with Crippen LogP contribution in [0, 0.1) is 17.8 Å². The van der Waals surface area contributed by atoms with Crippen LogP contribution in [0.1, 0.15) is 26.7 Å². The number of allylic oxidation sites excluding steroid dienone is 1. The van der Waals surface area contributed by atoms with Gasteiger partial charge >= 0.3 is 0 Å². The van der Waals surface area contributed by atoms with E-state index in [-0.39, 0.29) is 0 Å². The molecule has 11 heavy (non-hydrogen) atoms. The van der Waals surface area contributed by atoms with E-state index in [4.69, 9.17) is 5.11 Å². The molecule has 0 aromatic heterocycles. The second-order valence-electron chi connectivity index (χ2n) is 3.85. The third kappa shape index (κ3) is 1.64. The fraction of sp³-hybridized carbons (Fsp3) is 0.800. The highest BCUT2D eigenvalue weighted by Gasteiger charge is 2.32. The van der Waals surface area contributed by atoms with Gasteiger partial charge in [0, 0.05) is 6.61 Å². The van der Waals surface area contributed by atoms with E-state index in [9.17, 15) is 0 Å². The van der Waals surface area contributed by atoms with Gasteiger partial charge in [-0.1, -0.05) is 19.1 Å². The first kappa shape index (κ1) is 8.79. The van der Waals surface area contributed by atoms with Gasteiger partial charge in [-0.15, -0.1) is 0 Å². The molecular weight excluding hydrogens is 136 g/mol. The van der Waals surface area contributed by atoms with Crippen LogP contribution in [0.2, 0.25) is 0 Å². The van der Waals surface area contributed by atoms with Crippen molar-refractivity contribution in [3.63, 3.8) is 0 Å². The zero-order valence-electron chi connectivity index (χ0n) is 7.51. The Balaban J connectivity index is 2.61. The van der Waals surface area contributed by atoms with E-state index >= 15 is 0 Å². The van der Waals surface area contributed by atoms with Gasteiger partial charge in [-0.3, -0.25) is 0 Å². The predicted octanol–water partition coefficient (Wildman–Crippen LogP) is 2.22. The van der Waals surface area contributed by atoms with E-state index in [1.54, 1.807) is 0 Å². The molecule has 1 aliphatic rings. The number of aliphatic hydroxyl groups excluding tert-OH is 1. The van der Waals surface area contributed by atoms with Crippen molar-refractivity contribution in [3.05, 3.63) is 12.2 Å². The van der Waals surface area contributed by atoms with Crippen LogP contribution in [0.3, 0.4) is 0 Å². The lowest BCUT2D eigenvalue weighted by atomic mass is 9.87. The Morgan fingerprint density at radius 1 is 1.55 bits per heavy atom. The molecule has 0 aliphatic heterocycles. The van der Waals surface area contributed by atoms with Gasteiger partial charge in [-0.05, 0) is 37.5 Å². The number of aliphatic hydroxyl groups is 1. The summed E-state index contributed by atoms with van der Waals surface area (Å²) < 4.78 is 0. The zero-order chi connectivity index (χ0) is 8.43. The summed E-state index contributed by atoms with van der Waals surface area (Å²) in [7, 11) is 0. The number of rotatable bonds is 2. The molecule has 3 atom stereocenters. The molecule has 0 radical (unpaired) electrons. The minimum absolute atomic E-state index is 0.332. The van der Waals surface area contributed by atoms with Crippen LogP contribution in [-0.4, -0.2) is 11.7 Å². The summed E-state index contributed by atoms with van der Waals surface area (Å²) in [4.78, 5) is 0. The van der Waals surface area contributed by atoms with Gasteiger partial charge in [0.15, 0.2) is 0 Å². The number of hydrogen-bond acceptors (Lipinski definition) is 1. The normalized spacial score (nSPS) is 37.5. The van der Waals surface area contributed by atoms with E-state index in [0.717, 1.165) is 0 Å². The molecule has 0 bridgehead atoms. The highest BCUT2D eigenvalue weighted by molar-refractivity contribution is 5.03. The maximum Gasteiger partial charge on any atom is 0.0467 e. The molecule has 1 fully saturated rings. The molecule has 0 spiro atoms. The largest absolute Gasteiger partial charge is 0.396 e. The van der Waals surface area contributed by atoms with Crippen molar-refractivity contribution in [3.8, 4) is 0 Å². The maximum absolute atomic E-state index is 9.11. The SMILES string of the molecule is C=C(C)[C@@H]1CCC(C)[C@H]1CO. The zero-order valence-corrected chi connectivity index (χ0v) is 7.51. The molecule has 0 aromatic carbocycles. The Kier molecular flexibility index (Phi) is 2.72. The lowest BCUT2D eigenvalue weighted by molar-refractivity contribution is 0.178. The van der Waals surface area contributed by atoms with Gasteiger partial charge in [0.05, 0.1) is 0 Å². The molecule has 0 aromatic rings. The molecular formula is C10H18O. The molecule has 0 heterocycles. The summed E-state index contributed by atoms with van der Waals surface area (Å²) in [6.45, 7) is 8.59. The van der Waals surface area contributed by atoms with Gasteiger partial charge in [-0.2, -0.15) is 0 Å². The summed E-state index contributed by atoms with van der Waals surface area (Å²) in [5.41, 5.74) is 1.24. The van der Waals surface area contributed by atoms with Gasteiger partial charge in [-0.25, -0.2) is 0 Å². The maximum atomic E-state index is 9.11. The van der Waals surface area contributed by atoms with Crippen molar-refractivity contribution in [2.24, 2.45) is 17.8 Å². The van der Waals surface area contributed by atoms with Crippen LogP contribution < -0.4 is 0 Å². The third-order valence-electron chi connectivity index (χ3n) is 3.02. The van der Waals surface area contributed by atoms with Crippen molar-refractivity contribution in [2.75, 3.05) is 6.61 Å². The third-order valence-corrected chi connectivity index (χ3v) is 3.02. The Morgan fingerprint density at radius 3 is 2.55 bits per heavy atom. The van der Waals surface area contributed by atoms with Gasteiger partial charge in [0.2, 0.25) is 0 Å². The highest BCUT2D eigenvalue weighted by atomic mass is 16.3. The molecule has 1 N–H and O–H groups in total. The summed E-state index contributed by atoms with van der Waals surface area (Å²) in [6, 6.07) is 0. The Bertz CT molecular complexity index is 151. The second-order valence-corrected chi connectivity index (χ2v) is 3.85. The summed E-state index contributed by atoms with van der Waals surface area (Å²) in [6.07, 6.45) is 2.48. The Morgan fingerprint density at radius 2 is 2.18 bits per heavy atom. The molecule has 1 rings (SSSR count). The van der Waals surface area contributed by atoms with Crippen LogP contribution in [0.5, 0.6) is 0 Å². The van der Waals surface area contributed by atoms with Crippen molar-refractivity contribution in [1.82, 2.24) is 0 Å². The van der Waals surface area contributed by atoms with Crippen molar-refractivity contribution >= 4 is 0 Å². The minimum atomic E-state index is 0.332. The molecule has 0 amide bonds. The van der Waals surface area contributed by atoms with Gasteiger partial charge in [0.1, 0.15) is 0 Å². The molecule has 1 heteroatoms. The summed E-state index contributed by atoms with van der Waals surface area (Å²) >= 11 is 0. The van der Waals surface area contributed by atoms with E-state index in [0.29, 0.717) is 24.4 Å². The van der Waals surface area contributed by atoms with E-state index < -0.39 is 0 Å². The van der Waals surface area contributed by atoms with Crippen LogP contribution in [0.4, 0.5) is 0 Å². The molecule has 1 unspecified atom stereocenters. The van der Waals surface area contributed by atoms with Crippen molar-refractivity contribution in [1.29, 1.82) is 0 Å². The fourth-order valence-corrected chi connectivity index (χ4v) is 2.19. The quantitative estimate of drug-likeness (QED) is 0.605. The van der Waals surface area contributed by atoms with Crippen LogP contribution in [-0.2, 0) is 0 Å². The molecule has 1 saturated carbocycles. The number of hydrogen-bond donors (Lipinski definition) is 1. The Hall–Kier alpha value is -0.300. The first-order chi connectivity index (χ1) is 5.16. The summed E-state index contributed by atoms with van der Waals surface area (Å²) in [5.74, 6) is 1.74. The van der Waals surface area contributed by atoms with E-state index in [2.05, 4.69) is 20.4 Å². The lowest BCUT2D eigenvalue weighted by Crippen LogP contribution is -2.17. The van der Waals surface area contributed by atoms with Gasteiger partial charge in [0.25, 0.3) is 0 Å². The lowest BCUT2D eigenvalue weighted by Gasteiger charge is -2.20. The van der Waals surface area contributed by atoms with Crippen molar-refractivity contribution in [2.45, 2.75) is 26.7 Å². The van der Waals surface area contributed by atoms with E-state index in [1.807, 2.05) is 0 Å². The van der Waals surface area contributed by atoms with Crippen LogP contribution in [0.15, 0.2) is 12.2 Å². The van der Waals surface area contributed by atoms with Crippen LogP contribution in [0.25, 0.3) is 0 Å². The average Bonchev–Trinajstić information content (AvgIpc) is 2.30. The first-order valence-corrected chi connectivity index (χ1v) is 4.43. The van der Waals surface area contributed by atoms with Crippen molar-refractivity contribution < 1.29 is 5.11 Å². The molecule has 1 aliphatic carbocycles. The molecule has 1 nitrogen and oxygen atoms in total. The summed E-state index contributed by atoms with van der Waals surface area (Å²) in [5, 5.41) is 9.11. The molecule has 0 saturated heterocycles. The standard InChI is InChI=1S/C10H18O/c1-7(2)9-5-4-8(3)10(9)6-11/h8-11H,1,4-6H2,2-3H3/t8?,9-,10+/m0/s1. The second kappa shape index (κ2) is 3.40.